The Balaban J connectivity index is 1.67. The van der Waals surface area contributed by atoms with E-state index >= 15 is 0 Å². The number of benzene rings is 2. The summed E-state index contributed by atoms with van der Waals surface area (Å²) in [5, 5.41) is 25.8. The second kappa shape index (κ2) is 10.7. The molecule has 12 nitrogen and oxygen atoms in total. The third-order valence-electron chi connectivity index (χ3n) is 5.22. The number of nitrogens with zero attached hydrogens (tertiary/aromatic N) is 3. The first kappa shape index (κ1) is 25.7. The molecule has 0 aliphatic carbocycles. The molecule has 0 unspecified atom stereocenters. The van der Waals surface area contributed by atoms with Crippen LogP contribution in [-0.4, -0.2) is 36.1 Å². The Morgan fingerprint density at radius 2 is 1.82 bits per heavy atom. The predicted molar refractivity (Wildman–Crippen MR) is 137 cm³/mol. The summed E-state index contributed by atoms with van der Waals surface area (Å²) in [4.78, 5) is 51.4. The van der Waals surface area contributed by atoms with E-state index in [2.05, 4.69) is 10.3 Å². The van der Waals surface area contributed by atoms with E-state index in [1.165, 1.54) is 62.9 Å². The van der Waals surface area contributed by atoms with Crippen molar-refractivity contribution in [2.24, 2.45) is 0 Å². The van der Waals surface area contributed by atoms with Gasteiger partial charge in [-0.2, -0.15) is 5.26 Å². The molecule has 0 saturated heterocycles. The monoisotopic (exact) mass is 532 g/mol. The van der Waals surface area contributed by atoms with Gasteiger partial charge in [-0.05, 0) is 30.3 Å². The Labute approximate surface area is 217 Å². The lowest BCUT2D eigenvalue weighted by molar-refractivity contribution is -0.384. The second-order valence-electron chi connectivity index (χ2n) is 7.56. The van der Waals surface area contributed by atoms with Crippen molar-refractivity contribution in [3.05, 3.63) is 90.7 Å². The van der Waals surface area contributed by atoms with Crippen LogP contribution in [0.4, 0.5) is 11.4 Å². The average molecular weight is 532 g/mol. The average Bonchev–Trinajstić information content (AvgIpc) is 3.41. The number of fused-ring (bicyclic) bond motifs is 1. The molecule has 13 heteroatoms. The van der Waals surface area contributed by atoms with Crippen molar-refractivity contribution in [3.63, 3.8) is 0 Å². The molecule has 4 rings (SSSR count). The summed E-state index contributed by atoms with van der Waals surface area (Å²) in [5.41, 5.74) is 0.173. The number of non-ortho nitro benzene ring substituents is 1. The SMILES string of the molecule is COC(=O)c1cc(NC=C(C#N)c2nc(-c3cc4cc([N+](=O)[O-])ccc4oc3=O)cs2)cc(C(=O)OC)c1. The fourth-order valence-electron chi connectivity index (χ4n) is 3.40. The molecule has 0 amide bonds. The lowest BCUT2D eigenvalue weighted by atomic mass is 10.1. The first-order valence-corrected chi connectivity index (χ1v) is 11.5. The number of allylic oxidation sites excluding steroid dienone is 1. The Kier molecular flexibility index (Phi) is 7.26. The Hall–Kier alpha value is -5.35. The van der Waals surface area contributed by atoms with Crippen LogP contribution in [0.15, 0.2) is 63.3 Å². The van der Waals surface area contributed by atoms with Gasteiger partial charge in [-0.1, -0.05) is 0 Å². The summed E-state index contributed by atoms with van der Waals surface area (Å²) in [5.74, 6) is -1.35. The van der Waals surface area contributed by atoms with Crippen molar-refractivity contribution in [2.75, 3.05) is 19.5 Å². The molecule has 2 aromatic heterocycles. The summed E-state index contributed by atoms with van der Waals surface area (Å²) in [6.07, 6.45) is 1.33. The number of nitriles is 1. The van der Waals surface area contributed by atoms with Crippen LogP contribution < -0.4 is 10.9 Å². The highest BCUT2D eigenvalue weighted by Crippen LogP contribution is 2.28. The van der Waals surface area contributed by atoms with Gasteiger partial charge >= 0.3 is 17.6 Å². The summed E-state index contributed by atoms with van der Waals surface area (Å²) < 4.78 is 14.7. The van der Waals surface area contributed by atoms with Gasteiger partial charge in [0.1, 0.15) is 22.2 Å². The molecule has 0 saturated carbocycles. The van der Waals surface area contributed by atoms with E-state index in [0.717, 1.165) is 11.3 Å². The summed E-state index contributed by atoms with van der Waals surface area (Å²) >= 11 is 1.08. The highest BCUT2D eigenvalue weighted by Gasteiger charge is 2.17. The molecule has 0 aliphatic heterocycles. The number of carbonyl (C=O) groups excluding carboxylic acids is 2. The quantitative estimate of drug-likeness (QED) is 0.118. The second-order valence-corrected chi connectivity index (χ2v) is 8.42. The van der Waals surface area contributed by atoms with Crippen molar-refractivity contribution in [1.82, 2.24) is 4.98 Å². The number of thiazole rings is 1. The molecule has 0 spiro atoms. The number of hydrogen-bond acceptors (Lipinski definition) is 12. The maximum atomic E-state index is 12.5. The summed E-state index contributed by atoms with van der Waals surface area (Å²) in [6.45, 7) is 0. The molecule has 2 heterocycles. The summed E-state index contributed by atoms with van der Waals surface area (Å²) in [6, 6.07) is 11.5. The molecule has 0 bridgehead atoms. The van der Waals surface area contributed by atoms with Crippen molar-refractivity contribution in [2.45, 2.75) is 0 Å². The lowest BCUT2D eigenvalue weighted by Gasteiger charge is -2.08. The van der Waals surface area contributed by atoms with Crippen LogP contribution in [0.25, 0.3) is 27.8 Å². The van der Waals surface area contributed by atoms with Gasteiger partial charge in [0.05, 0.1) is 41.5 Å². The van der Waals surface area contributed by atoms with Crippen molar-refractivity contribution in [1.29, 1.82) is 5.26 Å². The lowest BCUT2D eigenvalue weighted by Crippen LogP contribution is -2.07. The Morgan fingerprint density at radius 3 is 2.42 bits per heavy atom. The Bertz CT molecular complexity index is 1700. The number of aromatic nitrogens is 1. The van der Waals surface area contributed by atoms with Gasteiger partial charge in [0.25, 0.3) is 5.69 Å². The maximum Gasteiger partial charge on any atom is 0.345 e. The van der Waals surface area contributed by atoms with Crippen molar-refractivity contribution in [3.8, 4) is 17.3 Å². The van der Waals surface area contributed by atoms with Gasteiger partial charge in [0.2, 0.25) is 0 Å². The van der Waals surface area contributed by atoms with Gasteiger partial charge in [-0.15, -0.1) is 11.3 Å². The van der Waals surface area contributed by atoms with Gasteiger partial charge in [0.15, 0.2) is 0 Å². The normalized spacial score (nSPS) is 11.0. The fourth-order valence-corrected chi connectivity index (χ4v) is 4.19. The third kappa shape index (κ3) is 5.25. The van der Waals surface area contributed by atoms with E-state index < -0.39 is 22.5 Å². The van der Waals surface area contributed by atoms with Crippen LogP contribution >= 0.6 is 11.3 Å². The first-order chi connectivity index (χ1) is 18.2. The molecule has 4 aromatic rings. The van der Waals surface area contributed by atoms with E-state index in [4.69, 9.17) is 13.9 Å². The number of hydrogen-bond donors (Lipinski definition) is 1. The van der Waals surface area contributed by atoms with E-state index in [1.54, 1.807) is 5.38 Å². The third-order valence-corrected chi connectivity index (χ3v) is 6.09. The molecule has 1 N–H and O–H groups in total. The zero-order valence-electron chi connectivity index (χ0n) is 19.7. The highest BCUT2D eigenvalue weighted by atomic mass is 32.1. The van der Waals surface area contributed by atoms with Crippen molar-refractivity contribution >= 4 is 51.2 Å². The molecular formula is C25H16N4O8S. The fraction of sp³-hybridized carbons (Fsp3) is 0.0800. The van der Waals surface area contributed by atoms with Crippen LogP contribution in [0.2, 0.25) is 0 Å². The van der Waals surface area contributed by atoms with Crippen LogP contribution in [0.1, 0.15) is 25.7 Å². The van der Waals surface area contributed by atoms with Crippen LogP contribution in [0.5, 0.6) is 0 Å². The molecule has 0 fully saturated rings. The van der Waals surface area contributed by atoms with Crippen LogP contribution in [0, 0.1) is 21.4 Å². The van der Waals surface area contributed by atoms with E-state index in [1.807, 2.05) is 6.07 Å². The highest BCUT2D eigenvalue weighted by molar-refractivity contribution is 7.11. The molecule has 190 valence electrons. The number of nitrogens with one attached hydrogen (secondary N) is 1. The largest absolute Gasteiger partial charge is 0.465 e. The topological polar surface area (TPSA) is 175 Å². The van der Waals surface area contributed by atoms with E-state index in [9.17, 15) is 29.8 Å². The molecular weight excluding hydrogens is 516 g/mol. The standard InChI is InChI=1S/C25H16N4O8S/c1-35-23(30)14-5-15(24(31)36-2)7-17(6-14)27-11-16(10-26)22-28-20(12-38-22)19-9-13-8-18(29(33)34)3-4-21(13)37-25(19)32/h3-9,11-12,27H,1-2H3. The van der Waals surface area contributed by atoms with Gasteiger partial charge < -0.3 is 19.2 Å². The first-order valence-electron chi connectivity index (χ1n) is 10.6. The zero-order chi connectivity index (χ0) is 27.4. The van der Waals surface area contributed by atoms with Crippen LogP contribution in [0.3, 0.4) is 0 Å². The Morgan fingerprint density at radius 1 is 1.13 bits per heavy atom. The molecule has 38 heavy (non-hydrogen) atoms. The van der Waals surface area contributed by atoms with Gasteiger partial charge in [0, 0.05) is 34.8 Å². The minimum Gasteiger partial charge on any atom is -0.465 e. The zero-order valence-corrected chi connectivity index (χ0v) is 20.5. The number of ether oxygens (including phenoxy) is 2. The minimum atomic E-state index is -0.696. The maximum absolute atomic E-state index is 12.5. The number of methoxy groups -OCH3 is 2. The van der Waals surface area contributed by atoms with Gasteiger partial charge in [-0.25, -0.2) is 19.4 Å². The van der Waals surface area contributed by atoms with Crippen LogP contribution in [-0.2, 0) is 9.47 Å². The van der Waals surface area contributed by atoms with E-state index in [-0.39, 0.29) is 44.2 Å². The number of nitro groups is 1. The number of carbonyl (C=O) groups is 2. The molecule has 0 aliphatic rings. The van der Waals surface area contributed by atoms with Crippen molar-refractivity contribution < 1.29 is 28.4 Å². The van der Waals surface area contributed by atoms with E-state index in [0.29, 0.717) is 11.1 Å². The number of anilines is 1. The predicted octanol–water partition coefficient (Wildman–Crippen LogP) is 4.37. The number of rotatable bonds is 7. The minimum absolute atomic E-state index is 0.0687. The number of nitro benzene ring substituents is 1. The number of esters is 2. The summed E-state index contributed by atoms with van der Waals surface area (Å²) in [7, 11) is 2.40. The molecule has 0 radical (unpaired) electrons. The smallest absolute Gasteiger partial charge is 0.345 e. The van der Waals surface area contributed by atoms with Gasteiger partial charge in [-0.3, -0.25) is 10.1 Å². The molecule has 0 atom stereocenters. The molecule has 2 aromatic carbocycles.